The first-order valence-electron chi connectivity index (χ1n) is 14.7. The number of hydrogen-bond acceptors (Lipinski definition) is 9. The Morgan fingerprint density at radius 3 is 2.38 bits per heavy atom. The maximum absolute atomic E-state index is 12.9. The minimum Gasteiger partial charge on any atom is -0.489 e. The number of nitrogens with one attached hydrogen (secondary N) is 2. The number of β-amino-alcohol motifs (C(OH)–C–C–N with tert-alkyl or cyclic N) is 1. The van der Waals surface area contributed by atoms with Gasteiger partial charge in [-0.1, -0.05) is 23.7 Å². The molecule has 2 aromatic carbocycles. The number of aliphatic hydroxyl groups excluding tert-OH is 1. The molecule has 3 aromatic rings. The van der Waals surface area contributed by atoms with Gasteiger partial charge >= 0.3 is 6.18 Å². The first-order valence-corrected chi connectivity index (χ1v) is 16.7. The van der Waals surface area contributed by atoms with Crippen molar-refractivity contribution in [3.05, 3.63) is 58.7 Å². The fourth-order valence-electron chi connectivity index (χ4n) is 5.20. The highest BCUT2D eigenvalue weighted by molar-refractivity contribution is 7.92. The summed E-state index contributed by atoms with van der Waals surface area (Å²) < 4.78 is 70.5. The molecule has 9 nitrogen and oxygen atoms in total. The van der Waals surface area contributed by atoms with Crippen LogP contribution in [0.1, 0.15) is 57.6 Å². The van der Waals surface area contributed by atoms with Crippen LogP contribution in [-0.4, -0.2) is 71.7 Å². The number of alkyl halides is 3. The molecule has 1 unspecified atom stereocenters. The van der Waals surface area contributed by atoms with Crippen LogP contribution in [0.2, 0.25) is 5.02 Å². The lowest BCUT2D eigenvalue weighted by atomic mass is 9.86. The van der Waals surface area contributed by atoms with Crippen molar-refractivity contribution < 1.29 is 31.4 Å². The zero-order chi connectivity index (χ0) is 33.1. The Kier molecular flexibility index (Phi) is 10.9. The largest absolute Gasteiger partial charge is 0.489 e. The molecule has 0 bridgehead atoms. The van der Waals surface area contributed by atoms with Crippen molar-refractivity contribution >= 4 is 44.6 Å². The minimum absolute atomic E-state index is 0.109. The summed E-state index contributed by atoms with van der Waals surface area (Å²) in [5.74, 6) is 1.07. The molecule has 4 rings (SSSR count). The van der Waals surface area contributed by atoms with Crippen LogP contribution in [0.15, 0.2) is 47.5 Å². The quantitative estimate of drug-likeness (QED) is 0.198. The van der Waals surface area contributed by atoms with E-state index in [-0.39, 0.29) is 33.7 Å². The highest BCUT2D eigenvalue weighted by atomic mass is 35.5. The number of halogens is 4. The van der Waals surface area contributed by atoms with Gasteiger partial charge in [0.2, 0.25) is 5.95 Å². The summed E-state index contributed by atoms with van der Waals surface area (Å²) in [6.07, 6.45) is -4.46. The molecule has 0 spiro atoms. The van der Waals surface area contributed by atoms with E-state index in [4.69, 9.17) is 16.3 Å². The SMILES string of the molecule is Cc1cc(Nc2ncc(Cl)c(Nc3ccccc3S(=O)(=O)C(C)C)n2)c(OC(C)C)cc1C1CCN(CC(O)C(F)(F)F)CC1. The highest BCUT2D eigenvalue weighted by Gasteiger charge is 2.39. The van der Waals surface area contributed by atoms with Crippen molar-refractivity contribution in [3.63, 3.8) is 0 Å². The molecule has 0 amide bonds. The van der Waals surface area contributed by atoms with E-state index in [1.165, 1.54) is 12.3 Å². The van der Waals surface area contributed by atoms with E-state index in [1.807, 2.05) is 32.9 Å². The van der Waals surface area contributed by atoms with Gasteiger partial charge in [-0.3, -0.25) is 0 Å². The molecule has 2 heterocycles. The number of ether oxygens (including phenoxy) is 1. The summed E-state index contributed by atoms with van der Waals surface area (Å²) in [6, 6.07) is 10.4. The number of hydrogen-bond donors (Lipinski definition) is 3. The van der Waals surface area contributed by atoms with Crippen LogP contribution >= 0.6 is 11.6 Å². The monoisotopic (exact) mass is 669 g/mol. The Labute approximate surface area is 267 Å². The van der Waals surface area contributed by atoms with Crippen LogP contribution in [0.4, 0.5) is 36.3 Å². The number of sulfone groups is 1. The van der Waals surface area contributed by atoms with Gasteiger partial charge in [-0.05, 0) is 102 Å². The van der Waals surface area contributed by atoms with Crippen molar-refractivity contribution in [1.82, 2.24) is 14.9 Å². The van der Waals surface area contributed by atoms with E-state index in [9.17, 15) is 26.7 Å². The van der Waals surface area contributed by atoms with Gasteiger partial charge in [-0.25, -0.2) is 13.4 Å². The third kappa shape index (κ3) is 8.57. The Balaban J connectivity index is 1.57. The number of para-hydroxylation sites is 1. The lowest BCUT2D eigenvalue weighted by Gasteiger charge is -2.34. The average molecular weight is 670 g/mol. The average Bonchev–Trinajstić information content (AvgIpc) is 2.96. The van der Waals surface area contributed by atoms with Crippen LogP contribution in [0, 0.1) is 6.92 Å². The Morgan fingerprint density at radius 1 is 1.09 bits per heavy atom. The number of aryl methyl sites for hydroxylation is 1. The second kappa shape index (κ2) is 14.1. The van der Waals surface area contributed by atoms with Gasteiger partial charge in [-0.2, -0.15) is 18.2 Å². The Morgan fingerprint density at radius 2 is 1.76 bits per heavy atom. The molecule has 45 heavy (non-hydrogen) atoms. The van der Waals surface area contributed by atoms with Gasteiger partial charge < -0.3 is 25.4 Å². The summed E-state index contributed by atoms with van der Waals surface area (Å²) in [5, 5.41) is 15.3. The second-order valence-corrected chi connectivity index (χ2v) is 14.6. The predicted octanol–water partition coefficient (Wildman–Crippen LogP) is 7.00. The lowest BCUT2D eigenvalue weighted by molar-refractivity contribution is -0.208. The zero-order valence-corrected chi connectivity index (χ0v) is 27.4. The zero-order valence-electron chi connectivity index (χ0n) is 25.8. The van der Waals surface area contributed by atoms with Crippen LogP contribution < -0.4 is 15.4 Å². The molecule has 1 fully saturated rings. The van der Waals surface area contributed by atoms with Crippen LogP contribution in [0.5, 0.6) is 5.75 Å². The molecule has 1 aliphatic rings. The van der Waals surface area contributed by atoms with Gasteiger partial charge in [-0.15, -0.1) is 0 Å². The van der Waals surface area contributed by atoms with Crippen molar-refractivity contribution in [1.29, 1.82) is 0 Å². The molecule has 1 aliphatic heterocycles. The number of aliphatic hydroxyl groups is 1. The summed E-state index contributed by atoms with van der Waals surface area (Å²) in [5.41, 5.74) is 2.93. The smallest absolute Gasteiger partial charge is 0.415 e. The Bertz CT molecular complexity index is 1600. The fraction of sp³-hybridized carbons (Fsp3) is 0.484. The molecule has 14 heteroatoms. The minimum atomic E-state index is -4.64. The number of aromatic nitrogens is 2. The number of piperidine rings is 1. The number of nitrogens with zero attached hydrogens (tertiary/aromatic N) is 3. The summed E-state index contributed by atoms with van der Waals surface area (Å²) >= 11 is 6.41. The predicted molar refractivity (Wildman–Crippen MR) is 170 cm³/mol. The number of rotatable bonds is 11. The van der Waals surface area contributed by atoms with Gasteiger partial charge in [0.25, 0.3) is 0 Å². The number of benzene rings is 2. The first kappa shape index (κ1) is 34.7. The topological polar surface area (TPSA) is 117 Å². The normalized spacial score (nSPS) is 15.8. The van der Waals surface area contributed by atoms with E-state index in [1.54, 1.807) is 36.9 Å². The molecule has 246 valence electrons. The van der Waals surface area contributed by atoms with E-state index in [0.717, 1.165) is 11.1 Å². The molecular formula is C31H39ClF3N5O4S. The third-order valence-electron chi connectivity index (χ3n) is 7.63. The second-order valence-electron chi connectivity index (χ2n) is 11.7. The molecule has 0 saturated carbocycles. The van der Waals surface area contributed by atoms with Crippen molar-refractivity contribution in [2.75, 3.05) is 30.3 Å². The van der Waals surface area contributed by atoms with Gasteiger partial charge in [0.1, 0.15) is 10.8 Å². The van der Waals surface area contributed by atoms with Crippen LogP contribution in [0.25, 0.3) is 0 Å². The van der Waals surface area contributed by atoms with Gasteiger partial charge in [0, 0.05) is 6.54 Å². The lowest BCUT2D eigenvalue weighted by Crippen LogP contribution is -2.44. The maximum Gasteiger partial charge on any atom is 0.415 e. The number of likely N-dealkylation sites (tertiary alicyclic amines) is 1. The molecule has 1 aromatic heterocycles. The summed E-state index contributed by atoms with van der Waals surface area (Å²) in [6.45, 7) is 9.43. The highest BCUT2D eigenvalue weighted by Crippen LogP contribution is 2.39. The molecule has 0 radical (unpaired) electrons. The standard InChI is InChI=1S/C31H39ClF3N5O4S/c1-18(2)44-26-15-22(21-10-12-40(13-11-21)17-28(41)31(33,34)35)20(5)14-25(26)38-30-36-16-23(32)29(39-30)37-24-8-6-7-9-27(24)45(42,43)19(3)4/h6-9,14-16,18-19,21,28,41H,10-13,17H2,1-5H3,(H2,36,37,38,39). The third-order valence-corrected chi connectivity index (χ3v) is 10.1. The van der Waals surface area contributed by atoms with E-state index in [2.05, 4.69) is 20.6 Å². The van der Waals surface area contributed by atoms with Crippen LogP contribution in [-0.2, 0) is 9.84 Å². The van der Waals surface area contributed by atoms with Crippen molar-refractivity contribution in [3.8, 4) is 5.75 Å². The van der Waals surface area contributed by atoms with E-state index >= 15 is 0 Å². The van der Waals surface area contributed by atoms with Gasteiger partial charge in [0.15, 0.2) is 21.8 Å². The van der Waals surface area contributed by atoms with Gasteiger partial charge in [0.05, 0.1) is 33.8 Å². The molecular weight excluding hydrogens is 631 g/mol. The van der Waals surface area contributed by atoms with E-state index < -0.39 is 33.9 Å². The Hall–Kier alpha value is -3.13. The van der Waals surface area contributed by atoms with Crippen molar-refractivity contribution in [2.45, 2.75) is 81.9 Å². The van der Waals surface area contributed by atoms with Crippen molar-refractivity contribution in [2.24, 2.45) is 0 Å². The molecule has 3 N–H and O–H groups in total. The summed E-state index contributed by atoms with van der Waals surface area (Å²) in [7, 11) is -3.59. The first-order chi connectivity index (χ1) is 21.1. The molecule has 1 atom stereocenters. The fourth-order valence-corrected chi connectivity index (χ4v) is 6.54. The summed E-state index contributed by atoms with van der Waals surface area (Å²) in [4.78, 5) is 10.6. The molecule has 0 aliphatic carbocycles. The molecule has 1 saturated heterocycles. The van der Waals surface area contributed by atoms with Crippen LogP contribution in [0.3, 0.4) is 0 Å². The number of anilines is 4. The van der Waals surface area contributed by atoms with E-state index in [0.29, 0.717) is 43.1 Å². The maximum atomic E-state index is 12.9.